The summed E-state index contributed by atoms with van der Waals surface area (Å²) in [6.07, 6.45) is 1.68. The van der Waals surface area contributed by atoms with Gasteiger partial charge in [-0.1, -0.05) is 12.1 Å². The van der Waals surface area contributed by atoms with E-state index in [1.165, 1.54) is 22.5 Å². The molecule has 1 saturated heterocycles. The Morgan fingerprint density at radius 1 is 1.00 bits per heavy atom. The Kier molecular flexibility index (Phi) is 5.95. The SMILES string of the molecule is O=C(CN1C(=O)c2ccc([N+](=O)[O-])cc2C1=O)NCc1ccc(S(=O)(=O)N2CCCC2)cc1. The van der Waals surface area contributed by atoms with Crippen molar-refractivity contribution in [3.8, 4) is 0 Å². The molecule has 0 bridgehead atoms. The first-order valence-corrected chi connectivity index (χ1v) is 11.6. The van der Waals surface area contributed by atoms with E-state index in [9.17, 15) is 32.9 Å². The molecule has 0 aliphatic carbocycles. The van der Waals surface area contributed by atoms with Crippen LogP contribution < -0.4 is 5.32 Å². The van der Waals surface area contributed by atoms with E-state index in [4.69, 9.17) is 0 Å². The highest BCUT2D eigenvalue weighted by atomic mass is 32.2. The highest BCUT2D eigenvalue weighted by Gasteiger charge is 2.37. The van der Waals surface area contributed by atoms with Crippen LogP contribution in [0.1, 0.15) is 39.1 Å². The fourth-order valence-electron chi connectivity index (χ4n) is 3.79. The molecule has 2 aromatic rings. The number of nitro benzene ring substituents is 1. The van der Waals surface area contributed by atoms with Gasteiger partial charge in [0.25, 0.3) is 17.5 Å². The summed E-state index contributed by atoms with van der Waals surface area (Å²) in [7, 11) is -3.53. The van der Waals surface area contributed by atoms with Crippen molar-refractivity contribution in [2.75, 3.05) is 19.6 Å². The van der Waals surface area contributed by atoms with E-state index in [0.717, 1.165) is 29.9 Å². The monoisotopic (exact) mass is 472 g/mol. The third-order valence-corrected chi connectivity index (χ3v) is 7.50. The van der Waals surface area contributed by atoms with Crippen LogP contribution in [-0.4, -0.2) is 59.9 Å². The van der Waals surface area contributed by atoms with Crippen molar-refractivity contribution in [3.63, 3.8) is 0 Å². The molecule has 2 aliphatic heterocycles. The van der Waals surface area contributed by atoms with Gasteiger partial charge in [-0.2, -0.15) is 4.31 Å². The number of nitrogens with zero attached hydrogens (tertiary/aromatic N) is 3. The molecule has 0 aromatic heterocycles. The average molecular weight is 472 g/mol. The van der Waals surface area contributed by atoms with Crippen molar-refractivity contribution in [3.05, 3.63) is 69.3 Å². The van der Waals surface area contributed by atoms with Gasteiger partial charge in [0.2, 0.25) is 15.9 Å². The summed E-state index contributed by atoms with van der Waals surface area (Å²) in [5, 5.41) is 13.5. The number of fused-ring (bicyclic) bond motifs is 1. The van der Waals surface area contributed by atoms with Crippen molar-refractivity contribution in [1.29, 1.82) is 0 Å². The van der Waals surface area contributed by atoms with Crippen LogP contribution in [0.4, 0.5) is 5.69 Å². The smallest absolute Gasteiger partial charge is 0.270 e. The van der Waals surface area contributed by atoms with E-state index in [1.807, 2.05) is 0 Å². The topological polar surface area (TPSA) is 147 Å². The Bertz CT molecular complexity index is 1250. The second-order valence-corrected chi connectivity index (χ2v) is 9.65. The minimum Gasteiger partial charge on any atom is -0.350 e. The molecule has 0 unspecified atom stereocenters. The van der Waals surface area contributed by atoms with Gasteiger partial charge in [0, 0.05) is 31.8 Å². The summed E-state index contributed by atoms with van der Waals surface area (Å²) in [4.78, 5) is 48.4. The highest BCUT2D eigenvalue weighted by Crippen LogP contribution is 2.26. The van der Waals surface area contributed by atoms with Crippen molar-refractivity contribution in [1.82, 2.24) is 14.5 Å². The number of imide groups is 1. The van der Waals surface area contributed by atoms with Crippen LogP contribution in [0, 0.1) is 10.1 Å². The van der Waals surface area contributed by atoms with Crippen molar-refractivity contribution in [2.24, 2.45) is 0 Å². The lowest BCUT2D eigenvalue weighted by Gasteiger charge is -2.16. The van der Waals surface area contributed by atoms with Gasteiger partial charge in [-0.05, 0) is 36.6 Å². The first kappa shape index (κ1) is 22.6. The molecule has 1 N–H and O–H groups in total. The molecule has 4 rings (SSSR count). The Balaban J connectivity index is 1.36. The van der Waals surface area contributed by atoms with Crippen LogP contribution in [0.5, 0.6) is 0 Å². The first-order chi connectivity index (χ1) is 15.7. The lowest BCUT2D eigenvalue weighted by Crippen LogP contribution is -2.40. The van der Waals surface area contributed by atoms with Crippen LogP contribution in [0.3, 0.4) is 0 Å². The Labute approximate surface area is 189 Å². The second-order valence-electron chi connectivity index (χ2n) is 7.72. The van der Waals surface area contributed by atoms with E-state index in [1.54, 1.807) is 12.1 Å². The molecule has 0 atom stereocenters. The quantitative estimate of drug-likeness (QED) is 0.363. The lowest BCUT2D eigenvalue weighted by atomic mass is 10.1. The standard InChI is InChI=1S/C21H20N4O7S/c26-19(13-24-20(27)17-8-5-15(25(29)30)11-18(17)21(24)28)22-12-14-3-6-16(7-4-14)33(31,32)23-9-1-2-10-23/h3-8,11H,1-2,9-10,12-13H2,(H,22,26). The molecule has 172 valence electrons. The van der Waals surface area contributed by atoms with Gasteiger partial charge >= 0.3 is 0 Å². The summed E-state index contributed by atoms with van der Waals surface area (Å²) in [6.45, 7) is 0.537. The summed E-state index contributed by atoms with van der Waals surface area (Å²) in [6, 6.07) is 9.48. The van der Waals surface area contributed by atoms with Crippen LogP contribution in [0.25, 0.3) is 0 Å². The van der Waals surface area contributed by atoms with Crippen LogP contribution in [0.2, 0.25) is 0 Å². The third kappa shape index (κ3) is 4.34. The number of hydrogen-bond acceptors (Lipinski definition) is 7. The number of non-ortho nitro benzene ring substituents is 1. The fraction of sp³-hybridized carbons (Fsp3) is 0.286. The molecule has 2 aliphatic rings. The van der Waals surface area contributed by atoms with Gasteiger partial charge in [-0.25, -0.2) is 8.42 Å². The average Bonchev–Trinajstić information content (AvgIpc) is 3.42. The molecule has 11 nitrogen and oxygen atoms in total. The van der Waals surface area contributed by atoms with Crippen molar-refractivity contribution >= 4 is 33.4 Å². The number of rotatable bonds is 7. The number of amides is 3. The molecule has 3 amide bonds. The highest BCUT2D eigenvalue weighted by molar-refractivity contribution is 7.89. The predicted octanol–water partition coefficient (Wildman–Crippen LogP) is 1.29. The molecule has 33 heavy (non-hydrogen) atoms. The van der Waals surface area contributed by atoms with E-state index in [2.05, 4.69) is 5.32 Å². The summed E-state index contributed by atoms with van der Waals surface area (Å²) < 4.78 is 26.6. The van der Waals surface area contributed by atoms with Gasteiger partial charge in [0.05, 0.1) is 20.9 Å². The third-order valence-electron chi connectivity index (χ3n) is 5.58. The number of carbonyl (C=O) groups excluding carboxylic acids is 3. The van der Waals surface area contributed by atoms with Crippen LogP contribution in [-0.2, 0) is 21.4 Å². The molecule has 0 spiro atoms. The number of benzene rings is 2. The summed E-state index contributed by atoms with van der Waals surface area (Å²) in [5.74, 6) is -2.07. The molecule has 1 fully saturated rings. The van der Waals surface area contributed by atoms with Gasteiger partial charge in [0.1, 0.15) is 6.54 Å². The van der Waals surface area contributed by atoms with Crippen LogP contribution in [0.15, 0.2) is 47.4 Å². The zero-order valence-electron chi connectivity index (χ0n) is 17.4. The molecule has 12 heteroatoms. The Morgan fingerprint density at radius 2 is 1.64 bits per heavy atom. The van der Waals surface area contributed by atoms with E-state index in [-0.39, 0.29) is 28.3 Å². The van der Waals surface area contributed by atoms with E-state index in [0.29, 0.717) is 18.7 Å². The zero-order chi connectivity index (χ0) is 23.8. The minimum atomic E-state index is -3.53. The lowest BCUT2D eigenvalue weighted by molar-refractivity contribution is -0.384. The minimum absolute atomic E-state index is 0.00759. The van der Waals surface area contributed by atoms with E-state index < -0.39 is 39.2 Å². The van der Waals surface area contributed by atoms with Gasteiger partial charge in [-0.3, -0.25) is 29.4 Å². The van der Waals surface area contributed by atoms with Gasteiger partial charge in [-0.15, -0.1) is 0 Å². The number of sulfonamides is 1. The molecular formula is C21H20N4O7S. The van der Waals surface area contributed by atoms with E-state index >= 15 is 0 Å². The molecule has 0 saturated carbocycles. The van der Waals surface area contributed by atoms with Gasteiger partial charge < -0.3 is 5.32 Å². The zero-order valence-corrected chi connectivity index (χ0v) is 18.2. The number of nitrogens with one attached hydrogen (secondary N) is 1. The summed E-state index contributed by atoms with van der Waals surface area (Å²) >= 11 is 0. The Hall–Kier alpha value is -3.64. The second kappa shape index (κ2) is 8.71. The number of hydrogen-bond donors (Lipinski definition) is 1. The maximum absolute atomic E-state index is 12.6. The molecule has 2 aromatic carbocycles. The molecule has 2 heterocycles. The largest absolute Gasteiger partial charge is 0.350 e. The number of nitro groups is 1. The fourth-order valence-corrected chi connectivity index (χ4v) is 5.31. The summed E-state index contributed by atoms with van der Waals surface area (Å²) in [5.41, 5.74) is 0.211. The normalized spacial score (nSPS) is 16.2. The maximum atomic E-state index is 12.6. The Morgan fingerprint density at radius 3 is 2.27 bits per heavy atom. The maximum Gasteiger partial charge on any atom is 0.270 e. The van der Waals surface area contributed by atoms with Crippen LogP contribution >= 0.6 is 0 Å². The number of carbonyl (C=O) groups is 3. The van der Waals surface area contributed by atoms with Crippen molar-refractivity contribution < 1.29 is 27.7 Å². The predicted molar refractivity (Wildman–Crippen MR) is 115 cm³/mol. The van der Waals surface area contributed by atoms with Crippen molar-refractivity contribution in [2.45, 2.75) is 24.3 Å². The first-order valence-electron chi connectivity index (χ1n) is 10.2. The van der Waals surface area contributed by atoms with Gasteiger partial charge in [0.15, 0.2) is 0 Å². The molecule has 0 radical (unpaired) electrons. The molecular weight excluding hydrogens is 452 g/mol.